The standard InChI is InChI=1S/C30H26O7/c1-17(2)16-35-22-10-6-5-9-19(22)21-15-26(31)36-23-13-12-20-28(32)25(37-30(20)27(21)23)14-18-8-7-11-24(33-3)29(18)34-4/h5-14,21H,1,15-16H2,2-4H3/b25-14-/t21-/m0/s1. The first-order chi connectivity index (χ1) is 17.9. The molecule has 3 aromatic carbocycles. The molecule has 37 heavy (non-hydrogen) atoms. The number of hydrogen-bond donors (Lipinski definition) is 0. The minimum atomic E-state index is -0.425. The number of methoxy groups -OCH3 is 2. The molecule has 1 atom stereocenters. The number of carbonyl (C=O) groups excluding carboxylic acids is 2. The predicted molar refractivity (Wildman–Crippen MR) is 138 cm³/mol. The summed E-state index contributed by atoms with van der Waals surface area (Å²) in [5.74, 6) is 1.47. The van der Waals surface area contributed by atoms with Crippen molar-refractivity contribution in [3.63, 3.8) is 0 Å². The predicted octanol–water partition coefficient (Wildman–Crippen LogP) is 5.72. The summed E-state index contributed by atoms with van der Waals surface area (Å²) in [5, 5.41) is 0. The maximum Gasteiger partial charge on any atom is 0.312 e. The number of benzene rings is 3. The first kappa shape index (κ1) is 24.2. The molecule has 0 N–H and O–H groups in total. The third-order valence-electron chi connectivity index (χ3n) is 6.27. The van der Waals surface area contributed by atoms with E-state index in [1.807, 2.05) is 37.3 Å². The maximum atomic E-state index is 13.4. The van der Waals surface area contributed by atoms with Crippen molar-refractivity contribution in [1.82, 2.24) is 0 Å². The average molecular weight is 499 g/mol. The van der Waals surface area contributed by atoms with Gasteiger partial charge in [0.25, 0.3) is 0 Å². The lowest BCUT2D eigenvalue weighted by atomic mass is 9.84. The van der Waals surface area contributed by atoms with Crippen LogP contribution in [0.25, 0.3) is 6.08 Å². The molecule has 5 rings (SSSR count). The molecular weight excluding hydrogens is 472 g/mol. The highest BCUT2D eigenvalue weighted by Crippen LogP contribution is 2.50. The molecule has 7 heteroatoms. The van der Waals surface area contributed by atoms with Gasteiger partial charge in [0.05, 0.1) is 26.2 Å². The summed E-state index contributed by atoms with van der Waals surface area (Å²) in [7, 11) is 3.09. The maximum absolute atomic E-state index is 13.4. The van der Waals surface area contributed by atoms with E-state index in [2.05, 4.69) is 6.58 Å². The van der Waals surface area contributed by atoms with Crippen LogP contribution in [0.1, 0.15) is 46.3 Å². The van der Waals surface area contributed by atoms with Gasteiger partial charge in [0, 0.05) is 22.6 Å². The lowest BCUT2D eigenvalue weighted by Crippen LogP contribution is -2.22. The van der Waals surface area contributed by atoms with Gasteiger partial charge in [-0.25, -0.2) is 0 Å². The molecule has 2 aliphatic rings. The number of ketones is 1. The normalized spacial score (nSPS) is 16.9. The Morgan fingerprint density at radius 3 is 2.54 bits per heavy atom. The molecule has 7 nitrogen and oxygen atoms in total. The van der Waals surface area contributed by atoms with E-state index in [-0.39, 0.29) is 23.9 Å². The number of Topliss-reactive ketones (excluding diaryl/α,β-unsaturated/α-hetero) is 1. The number of ether oxygens (including phenoxy) is 5. The largest absolute Gasteiger partial charge is 0.493 e. The van der Waals surface area contributed by atoms with Gasteiger partial charge in [-0.2, -0.15) is 0 Å². The zero-order valence-electron chi connectivity index (χ0n) is 20.8. The van der Waals surface area contributed by atoms with Gasteiger partial charge in [0.1, 0.15) is 23.9 Å². The van der Waals surface area contributed by atoms with Gasteiger partial charge < -0.3 is 23.7 Å². The fourth-order valence-corrected chi connectivity index (χ4v) is 4.64. The molecule has 0 spiro atoms. The van der Waals surface area contributed by atoms with E-state index in [1.54, 1.807) is 37.5 Å². The minimum Gasteiger partial charge on any atom is -0.493 e. The number of carbonyl (C=O) groups is 2. The monoisotopic (exact) mass is 498 g/mol. The van der Waals surface area contributed by atoms with Crippen LogP contribution in [0.5, 0.6) is 28.7 Å². The van der Waals surface area contributed by atoms with Crippen LogP contribution in [0.15, 0.2) is 72.5 Å². The van der Waals surface area contributed by atoms with Gasteiger partial charge in [-0.15, -0.1) is 0 Å². The van der Waals surface area contributed by atoms with E-state index in [0.29, 0.717) is 52.0 Å². The molecule has 0 amide bonds. The second-order valence-corrected chi connectivity index (χ2v) is 8.89. The molecule has 0 fully saturated rings. The van der Waals surface area contributed by atoms with E-state index in [9.17, 15) is 9.59 Å². The van der Waals surface area contributed by atoms with Crippen LogP contribution in [0.3, 0.4) is 0 Å². The van der Waals surface area contributed by atoms with Gasteiger partial charge in [-0.05, 0) is 42.8 Å². The van der Waals surface area contributed by atoms with E-state index in [1.165, 1.54) is 7.11 Å². The molecule has 2 heterocycles. The van der Waals surface area contributed by atoms with Crippen LogP contribution >= 0.6 is 0 Å². The Labute approximate surface area is 214 Å². The Kier molecular flexibility index (Phi) is 6.44. The molecule has 0 bridgehead atoms. The zero-order valence-corrected chi connectivity index (χ0v) is 20.8. The number of para-hydroxylation sites is 2. The van der Waals surface area contributed by atoms with Crippen LogP contribution < -0.4 is 23.7 Å². The summed E-state index contributed by atoms with van der Waals surface area (Å²) in [4.78, 5) is 26.0. The molecule has 188 valence electrons. The molecule has 0 saturated carbocycles. The van der Waals surface area contributed by atoms with Crippen LogP contribution in [-0.4, -0.2) is 32.6 Å². The molecule has 0 radical (unpaired) electrons. The Balaban J connectivity index is 1.60. The van der Waals surface area contributed by atoms with E-state index in [0.717, 1.165) is 11.1 Å². The highest BCUT2D eigenvalue weighted by molar-refractivity contribution is 6.15. The molecule has 2 aliphatic heterocycles. The van der Waals surface area contributed by atoms with Crippen LogP contribution in [-0.2, 0) is 4.79 Å². The van der Waals surface area contributed by atoms with Gasteiger partial charge >= 0.3 is 5.97 Å². The second-order valence-electron chi connectivity index (χ2n) is 8.89. The summed E-state index contributed by atoms with van der Waals surface area (Å²) < 4.78 is 28.6. The molecule has 0 saturated heterocycles. The third kappa shape index (κ3) is 4.44. The highest BCUT2D eigenvalue weighted by atomic mass is 16.5. The SMILES string of the molecule is C=C(C)COc1ccccc1[C@@H]1CC(=O)Oc2ccc3c(c21)O/C(=C\c1cccc(OC)c1OC)C3=O. The Morgan fingerprint density at radius 1 is 1.00 bits per heavy atom. The van der Waals surface area contributed by atoms with Crippen molar-refractivity contribution >= 4 is 17.8 Å². The summed E-state index contributed by atoms with van der Waals surface area (Å²) in [6.07, 6.45) is 1.71. The topological polar surface area (TPSA) is 80.3 Å². The van der Waals surface area contributed by atoms with Gasteiger partial charge in [0.15, 0.2) is 17.3 Å². The molecular formula is C30H26O7. The Morgan fingerprint density at radius 2 is 1.78 bits per heavy atom. The van der Waals surface area contributed by atoms with Crippen molar-refractivity contribution in [3.05, 3.63) is 94.8 Å². The Hall–Kier alpha value is -4.52. The fourth-order valence-electron chi connectivity index (χ4n) is 4.64. The van der Waals surface area contributed by atoms with Crippen LogP contribution in [0.2, 0.25) is 0 Å². The second kappa shape index (κ2) is 9.85. The smallest absolute Gasteiger partial charge is 0.312 e. The first-order valence-corrected chi connectivity index (χ1v) is 11.8. The van der Waals surface area contributed by atoms with Crippen molar-refractivity contribution in [2.24, 2.45) is 0 Å². The van der Waals surface area contributed by atoms with Crippen LogP contribution in [0.4, 0.5) is 0 Å². The lowest BCUT2D eigenvalue weighted by Gasteiger charge is -2.27. The summed E-state index contributed by atoms with van der Waals surface area (Å²) in [6, 6.07) is 16.2. The summed E-state index contributed by atoms with van der Waals surface area (Å²) in [5.41, 5.74) is 3.34. The first-order valence-electron chi connectivity index (χ1n) is 11.8. The van der Waals surface area contributed by atoms with Gasteiger partial charge in [-0.1, -0.05) is 36.9 Å². The lowest BCUT2D eigenvalue weighted by molar-refractivity contribution is -0.135. The van der Waals surface area contributed by atoms with Crippen molar-refractivity contribution < 1.29 is 33.3 Å². The van der Waals surface area contributed by atoms with Gasteiger partial charge in [-0.3, -0.25) is 9.59 Å². The fraction of sp³-hybridized carbons (Fsp3) is 0.200. The van der Waals surface area contributed by atoms with Crippen molar-refractivity contribution in [2.45, 2.75) is 19.3 Å². The number of allylic oxidation sites excluding steroid dienone is 1. The number of fused-ring (bicyclic) bond motifs is 3. The van der Waals surface area contributed by atoms with E-state index in [4.69, 9.17) is 23.7 Å². The number of esters is 1. The van der Waals surface area contributed by atoms with Gasteiger partial charge in [0.2, 0.25) is 5.78 Å². The van der Waals surface area contributed by atoms with Crippen molar-refractivity contribution in [3.8, 4) is 28.7 Å². The van der Waals surface area contributed by atoms with Crippen molar-refractivity contribution in [1.29, 1.82) is 0 Å². The molecule has 0 aliphatic carbocycles. The van der Waals surface area contributed by atoms with E-state index >= 15 is 0 Å². The summed E-state index contributed by atoms with van der Waals surface area (Å²) in [6.45, 7) is 6.13. The quantitative estimate of drug-likeness (QED) is 0.178. The van der Waals surface area contributed by atoms with Crippen LogP contribution in [0, 0.1) is 0 Å². The molecule has 0 aromatic heterocycles. The third-order valence-corrected chi connectivity index (χ3v) is 6.27. The Bertz CT molecular complexity index is 1450. The molecule has 0 unspecified atom stereocenters. The average Bonchev–Trinajstić information content (AvgIpc) is 3.21. The highest BCUT2D eigenvalue weighted by Gasteiger charge is 2.39. The van der Waals surface area contributed by atoms with Crippen molar-refractivity contribution in [2.75, 3.05) is 20.8 Å². The summed E-state index contributed by atoms with van der Waals surface area (Å²) >= 11 is 0. The number of hydrogen-bond acceptors (Lipinski definition) is 7. The number of rotatable bonds is 7. The molecule has 3 aromatic rings. The minimum absolute atomic E-state index is 0.0806. The zero-order chi connectivity index (χ0) is 26.1. The van der Waals surface area contributed by atoms with E-state index < -0.39 is 5.92 Å².